The Labute approximate surface area is 129 Å². The van der Waals surface area contributed by atoms with E-state index in [4.69, 9.17) is 0 Å². The maximum atomic E-state index is 10.3. The third-order valence-corrected chi connectivity index (χ3v) is 3.79. The van der Waals surface area contributed by atoms with Gasteiger partial charge in [-0.1, -0.05) is 32.6 Å². The molecule has 5 N–H and O–H groups in total. The van der Waals surface area contributed by atoms with E-state index in [0.717, 1.165) is 12.8 Å². The van der Waals surface area contributed by atoms with Crippen molar-refractivity contribution in [2.45, 2.75) is 39.0 Å². The molecule has 0 heterocycles. The molecule has 0 saturated carbocycles. The number of benzene rings is 2. The van der Waals surface area contributed by atoms with Crippen LogP contribution in [0.2, 0.25) is 0 Å². The van der Waals surface area contributed by atoms with E-state index in [2.05, 4.69) is 12.2 Å². The second-order valence-corrected chi connectivity index (χ2v) is 5.49. The number of anilines is 1. The molecule has 0 aliphatic carbocycles. The smallest absolute Gasteiger partial charge is 0.150 e. The number of hydrogen-bond donors (Lipinski definition) is 5. The van der Waals surface area contributed by atoms with Gasteiger partial charge in [0.15, 0.2) is 5.75 Å². The summed E-state index contributed by atoms with van der Waals surface area (Å²) in [6, 6.07) is 3.92. The number of unbranched alkanes of at least 4 members (excludes halogenated alkanes) is 4. The van der Waals surface area contributed by atoms with Crippen LogP contribution in [0, 0.1) is 0 Å². The van der Waals surface area contributed by atoms with Gasteiger partial charge < -0.3 is 25.7 Å². The minimum atomic E-state index is -0.188. The van der Waals surface area contributed by atoms with Crippen LogP contribution in [0.5, 0.6) is 23.0 Å². The Hall–Kier alpha value is -2.30. The largest absolute Gasteiger partial charge is 0.507 e. The Bertz CT molecular complexity index is 655. The third-order valence-electron chi connectivity index (χ3n) is 3.79. The van der Waals surface area contributed by atoms with Gasteiger partial charge in [0.25, 0.3) is 0 Å². The summed E-state index contributed by atoms with van der Waals surface area (Å²) in [6.07, 6.45) is 5.66. The zero-order chi connectivity index (χ0) is 16.1. The number of nitrogens with one attached hydrogen (secondary N) is 1. The van der Waals surface area contributed by atoms with E-state index in [1.807, 2.05) is 0 Å². The van der Waals surface area contributed by atoms with Gasteiger partial charge in [-0.2, -0.15) is 0 Å². The average Bonchev–Trinajstić information content (AvgIpc) is 2.49. The van der Waals surface area contributed by atoms with Crippen molar-refractivity contribution < 1.29 is 20.4 Å². The van der Waals surface area contributed by atoms with E-state index in [9.17, 15) is 20.4 Å². The van der Waals surface area contributed by atoms with Crippen molar-refractivity contribution in [2.24, 2.45) is 0 Å². The number of hydrogen-bond acceptors (Lipinski definition) is 5. The molecule has 0 aliphatic rings. The minimum absolute atomic E-state index is 0.0472. The Morgan fingerprint density at radius 3 is 2.14 bits per heavy atom. The first-order valence-electron chi connectivity index (χ1n) is 7.69. The zero-order valence-electron chi connectivity index (χ0n) is 12.8. The molecule has 0 bridgehead atoms. The number of phenols is 4. The van der Waals surface area contributed by atoms with Crippen LogP contribution in [0.15, 0.2) is 18.2 Å². The molecule has 0 saturated heterocycles. The Balaban J connectivity index is 2.18. The van der Waals surface area contributed by atoms with Gasteiger partial charge in [-0.3, -0.25) is 0 Å². The second kappa shape index (κ2) is 7.11. The molecule has 2 aromatic carbocycles. The van der Waals surface area contributed by atoms with E-state index in [1.54, 1.807) is 0 Å². The Kier molecular flexibility index (Phi) is 5.20. The molecular formula is C17H23NO4. The molecule has 0 spiro atoms. The van der Waals surface area contributed by atoms with Gasteiger partial charge in [-0.25, -0.2) is 0 Å². The van der Waals surface area contributed by atoms with Crippen LogP contribution in [-0.2, 0) is 0 Å². The molecule has 0 aromatic heterocycles. The lowest BCUT2D eigenvalue weighted by molar-refractivity contribution is 0.448. The quantitative estimate of drug-likeness (QED) is 0.302. The van der Waals surface area contributed by atoms with Crippen molar-refractivity contribution in [1.29, 1.82) is 0 Å². The number of phenolic OH excluding ortho intramolecular Hbond substituents is 4. The summed E-state index contributed by atoms with van der Waals surface area (Å²) in [5, 5.41) is 43.1. The van der Waals surface area contributed by atoms with E-state index < -0.39 is 0 Å². The Morgan fingerprint density at radius 2 is 1.45 bits per heavy atom. The third kappa shape index (κ3) is 3.30. The van der Waals surface area contributed by atoms with Crippen LogP contribution in [-0.4, -0.2) is 27.0 Å². The van der Waals surface area contributed by atoms with E-state index in [1.165, 1.54) is 37.5 Å². The monoisotopic (exact) mass is 305 g/mol. The number of fused-ring (bicyclic) bond motifs is 1. The summed E-state index contributed by atoms with van der Waals surface area (Å²) in [7, 11) is 0. The van der Waals surface area contributed by atoms with Crippen molar-refractivity contribution in [3.05, 3.63) is 18.2 Å². The van der Waals surface area contributed by atoms with Crippen molar-refractivity contribution in [1.82, 2.24) is 0 Å². The van der Waals surface area contributed by atoms with Crippen LogP contribution in [0.4, 0.5) is 5.69 Å². The molecule has 0 atom stereocenters. The minimum Gasteiger partial charge on any atom is -0.507 e. The van der Waals surface area contributed by atoms with Crippen LogP contribution in [0.1, 0.15) is 39.0 Å². The highest BCUT2D eigenvalue weighted by molar-refractivity contribution is 6.04. The van der Waals surface area contributed by atoms with E-state index in [0.29, 0.717) is 12.2 Å². The molecule has 2 aromatic rings. The molecular weight excluding hydrogens is 282 g/mol. The topological polar surface area (TPSA) is 93.0 Å². The first-order valence-corrected chi connectivity index (χ1v) is 7.69. The predicted molar refractivity (Wildman–Crippen MR) is 87.9 cm³/mol. The SMILES string of the molecule is CCCCCCCNc1cc(O)c2c(O)ccc(O)c2c1O. The van der Waals surface area contributed by atoms with Crippen molar-refractivity contribution in [3.63, 3.8) is 0 Å². The number of aromatic hydroxyl groups is 4. The molecule has 120 valence electrons. The fourth-order valence-electron chi connectivity index (χ4n) is 2.58. The molecule has 5 heteroatoms. The molecule has 0 amide bonds. The van der Waals surface area contributed by atoms with Gasteiger partial charge in [-0.05, 0) is 18.6 Å². The van der Waals surface area contributed by atoms with Crippen molar-refractivity contribution in [3.8, 4) is 23.0 Å². The zero-order valence-corrected chi connectivity index (χ0v) is 12.8. The van der Waals surface area contributed by atoms with Gasteiger partial charge in [-0.15, -0.1) is 0 Å². The summed E-state index contributed by atoms with van der Waals surface area (Å²) in [6.45, 7) is 2.83. The van der Waals surface area contributed by atoms with Gasteiger partial charge in [0, 0.05) is 12.6 Å². The summed E-state index contributed by atoms with van der Waals surface area (Å²) < 4.78 is 0. The molecule has 0 radical (unpaired) electrons. The van der Waals surface area contributed by atoms with Gasteiger partial charge >= 0.3 is 0 Å². The summed E-state index contributed by atoms with van der Waals surface area (Å²) >= 11 is 0. The fraction of sp³-hybridized carbons (Fsp3) is 0.412. The summed E-state index contributed by atoms with van der Waals surface area (Å²) in [4.78, 5) is 0. The van der Waals surface area contributed by atoms with Crippen molar-refractivity contribution in [2.75, 3.05) is 11.9 Å². The fourth-order valence-corrected chi connectivity index (χ4v) is 2.58. The lowest BCUT2D eigenvalue weighted by Gasteiger charge is -2.13. The molecule has 22 heavy (non-hydrogen) atoms. The second-order valence-electron chi connectivity index (χ2n) is 5.49. The van der Waals surface area contributed by atoms with Gasteiger partial charge in [0.1, 0.15) is 17.2 Å². The van der Waals surface area contributed by atoms with E-state index in [-0.39, 0.29) is 33.8 Å². The highest BCUT2D eigenvalue weighted by Gasteiger charge is 2.17. The van der Waals surface area contributed by atoms with Crippen LogP contribution >= 0.6 is 0 Å². The molecule has 2 rings (SSSR count). The molecule has 0 unspecified atom stereocenters. The molecule has 0 fully saturated rings. The lowest BCUT2D eigenvalue weighted by Crippen LogP contribution is -2.02. The van der Waals surface area contributed by atoms with E-state index >= 15 is 0 Å². The lowest BCUT2D eigenvalue weighted by atomic mass is 10.0. The maximum absolute atomic E-state index is 10.3. The van der Waals surface area contributed by atoms with Crippen LogP contribution < -0.4 is 5.32 Å². The highest BCUT2D eigenvalue weighted by atomic mass is 16.3. The maximum Gasteiger partial charge on any atom is 0.150 e. The number of rotatable bonds is 7. The highest BCUT2D eigenvalue weighted by Crippen LogP contribution is 2.46. The normalized spacial score (nSPS) is 11.0. The standard InChI is InChI=1S/C17H23NO4/c1-2-3-4-5-6-9-18-11-10-14(21)15-12(19)7-8-13(20)16(15)17(11)22/h7-8,10,18-22H,2-6,9H2,1H3. The average molecular weight is 305 g/mol. The molecule has 0 aliphatic heterocycles. The van der Waals surface area contributed by atoms with Gasteiger partial charge in [0.2, 0.25) is 0 Å². The first kappa shape index (κ1) is 16.1. The summed E-state index contributed by atoms with van der Waals surface area (Å²) in [5.41, 5.74) is 0.349. The Morgan fingerprint density at radius 1 is 0.818 bits per heavy atom. The molecule has 5 nitrogen and oxygen atoms in total. The van der Waals surface area contributed by atoms with Crippen molar-refractivity contribution >= 4 is 16.5 Å². The van der Waals surface area contributed by atoms with Crippen LogP contribution in [0.25, 0.3) is 10.8 Å². The first-order chi connectivity index (χ1) is 10.6. The van der Waals surface area contributed by atoms with Gasteiger partial charge in [0.05, 0.1) is 16.5 Å². The van der Waals surface area contributed by atoms with Crippen LogP contribution in [0.3, 0.4) is 0 Å². The summed E-state index contributed by atoms with van der Waals surface area (Å²) in [5.74, 6) is -0.733. The predicted octanol–water partition coefficient (Wildman–Crippen LogP) is 4.04.